The fourth-order valence-electron chi connectivity index (χ4n) is 3.76. The molecule has 7 heteroatoms. The van der Waals surface area contributed by atoms with Crippen molar-refractivity contribution in [1.82, 2.24) is 9.80 Å². The molecule has 136 valence electrons. The number of aliphatic carboxylic acids is 1. The van der Waals surface area contributed by atoms with Gasteiger partial charge in [-0.1, -0.05) is 12.1 Å². The molecular formula is C18H23FN2O4. The van der Waals surface area contributed by atoms with Crippen molar-refractivity contribution < 1.29 is 24.2 Å². The van der Waals surface area contributed by atoms with Crippen LogP contribution in [0.1, 0.15) is 24.3 Å². The van der Waals surface area contributed by atoms with E-state index in [1.165, 1.54) is 17.0 Å². The van der Waals surface area contributed by atoms with Gasteiger partial charge in [0.1, 0.15) is 11.4 Å². The lowest BCUT2D eigenvalue weighted by Crippen LogP contribution is -2.54. The van der Waals surface area contributed by atoms with Gasteiger partial charge in [-0.3, -0.25) is 9.59 Å². The molecule has 0 aromatic heterocycles. The van der Waals surface area contributed by atoms with Crippen LogP contribution in [0.3, 0.4) is 0 Å². The minimum absolute atomic E-state index is 0.0638. The molecule has 0 saturated carbocycles. The number of nitrogens with zero attached hydrogens (tertiary/aromatic N) is 2. The van der Waals surface area contributed by atoms with E-state index in [2.05, 4.69) is 0 Å². The van der Waals surface area contributed by atoms with Gasteiger partial charge in [0.25, 0.3) is 5.91 Å². The molecule has 6 nitrogen and oxygen atoms in total. The summed E-state index contributed by atoms with van der Waals surface area (Å²) < 4.78 is 13.1. The van der Waals surface area contributed by atoms with E-state index in [0.29, 0.717) is 31.5 Å². The highest BCUT2D eigenvalue weighted by Crippen LogP contribution is 2.35. The SMILES string of the molecule is CN1CCC(O)(C(=O)N2C[C@@H](C(=O)O)[C@H](c3ccc(F)cc3)C2)CC1. The summed E-state index contributed by atoms with van der Waals surface area (Å²) in [6.45, 7) is 1.54. The van der Waals surface area contributed by atoms with Gasteiger partial charge in [-0.15, -0.1) is 0 Å². The predicted octanol–water partition coefficient (Wildman–Crippen LogP) is 0.909. The van der Waals surface area contributed by atoms with E-state index >= 15 is 0 Å². The summed E-state index contributed by atoms with van der Waals surface area (Å²) in [6, 6.07) is 5.72. The van der Waals surface area contributed by atoms with Crippen molar-refractivity contribution in [3.05, 3.63) is 35.6 Å². The van der Waals surface area contributed by atoms with Crippen molar-refractivity contribution in [2.45, 2.75) is 24.4 Å². The molecule has 2 heterocycles. The maximum atomic E-state index is 13.1. The highest BCUT2D eigenvalue weighted by molar-refractivity contribution is 5.86. The van der Waals surface area contributed by atoms with Crippen molar-refractivity contribution >= 4 is 11.9 Å². The van der Waals surface area contributed by atoms with E-state index in [0.717, 1.165) is 0 Å². The predicted molar refractivity (Wildman–Crippen MR) is 88.5 cm³/mol. The first-order chi connectivity index (χ1) is 11.8. The van der Waals surface area contributed by atoms with Gasteiger partial charge in [-0.2, -0.15) is 0 Å². The molecule has 0 aliphatic carbocycles. The Morgan fingerprint density at radius 1 is 1.16 bits per heavy atom. The molecule has 1 amide bonds. The second-order valence-electron chi connectivity index (χ2n) is 7.15. The zero-order chi connectivity index (χ0) is 18.2. The van der Waals surface area contributed by atoms with Crippen LogP contribution in [0.25, 0.3) is 0 Å². The Labute approximate surface area is 145 Å². The summed E-state index contributed by atoms with van der Waals surface area (Å²) in [4.78, 5) is 28.0. The number of piperidine rings is 1. The number of carboxylic acid groups (broad SMARTS) is 1. The van der Waals surface area contributed by atoms with Crippen LogP contribution in [0.5, 0.6) is 0 Å². The molecular weight excluding hydrogens is 327 g/mol. The molecule has 25 heavy (non-hydrogen) atoms. The second kappa shape index (κ2) is 6.72. The van der Waals surface area contributed by atoms with E-state index in [-0.39, 0.29) is 18.9 Å². The van der Waals surface area contributed by atoms with E-state index in [1.54, 1.807) is 12.1 Å². The van der Waals surface area contributed by atoms with Crippen LogP contribution >= 0.6 is 0 Å². The third kappa shape index (κ3) is 3.52. The molecule has 1 aromatic rings. The van der Waals surface area contributed by atoms with Gasteiger partial charge in [-0.25, -0.2) is 4.39 Å². The van der Waals surface area contributed by atoms with E-state index in [1.807, 2.05) is 11.9 Å². The Morgan fingerprint density at radius 2 is 1.76 bits per heavy atom. The average Bonchev–Trinajstić information content (AvgIpc) is 3.03. The van der Waals surface area contributed by atoms with Crippen molar-refractivity contribution in [2.24, 2.45) is 5.92 Å². The van der Waals surface area contributed by atoms with Gasteiger partial charge >= 0.3 is 5.97 Å². The average molecular weight is 350 g/mol. The number of aliphatic hydroxyl groups is 1. The normalized spacial score (nSPS) is 26.6. The van der Waals surface area contributed by atoms with Crippen LogP contribution in [0.2, 0.25) is 0 Å². The first-order valence-corrected chi connectivity index (χ1v) is 8.49. The summed E-state index contributed by atoms with van der Waals surface area (Å²) >= 11 is 0. The van der Waals surface area contributed by atoms with Gasteiger partial charge in [0.05, 0.1) is 5.92 Å². The number of hydrogen-bond acceptors (Lipinski definition) is 4. The molecule has 2 saturated heterocycles. The number of carbonyl (C=O) groups excluding carboxylic acids is 1. The molecule has 0 bridgehead atoms. The van der Waals surface area contributed by atoms with Gasteiger partial charge in [0.2, 0.25) is 0 Å². The lowest BCUT2D eigenvalue weighted by molar-refractivity contribution is -0.155. The first kappa shape index (κ1) is 17.8. The molecule has 2 fully saturated rings. The third-order valence-corrected chi connectivity index (χ3v) is 5.43. The second-order valence-corrected chi connectivity index (χ2v) is 7.15. The molecule has 2 atom stereocenters. The van der Waals surface area contributed by atoms with E-state index < -0.39 is 29.3 Å². The van der Waals surface area contributed by atoms with E-state index in [4.69, 9.17) is 0 Å². The maximum Gasteiger partial charge on any atom is 0.308 e. The molecule has 0 unspecified atom stereocenters. The fraction of sp³-hybridized carbons (Fsp3) is 0.556. The molecule has 2 aliphatic rings. The Morgan fingerprint density at radius 3 is 2.32 bits per heavy atom. The van der Waals surface area contributed by atoms with Crippen molar-refractivity contribution in [3.8, 4) is 0 Å². The number of carboxylic acids is 1. The van der Waals surface area contributed by atoms with Gasteiger partial charge in [0.15, 0.2) is 0 Å². The topological polar surface area (TPSA) is 81.1 Å². The number of hydrogen-bond donors (Lipinski definition) is 2. The summed E-state index contributed by atoms with van der Waals surface area (Å²) in [5.74, 6) is -2.93. The summed E-state index contributed by atoms with van der Waals surface area (Å²) in [7, 11) is 1.94. The van der Waals surface area contributed by atoms with Crippen LogP contribution in [-0.2, 0) is 9.59 Å². The Kier molecular flexibility index (Phi) is 4.79. The Balaban J connectivity index is 1.79. The van der Waals surface area contributed by atoms with E-state index in [9.17, 15) is 24.2 Å². The zero-order valence-corrected chi connectivity index (χ0v) is 14.2. The van der Waals surface area contributed by atoms with Gasteiger partial charge < -0.3 is 20.0 Å². The first-order valence-electron chi connectivity index (χ1n) is 8.49. The monoisotopic (exact) mass is 350 g/mol. The minimum atomic E-state index is -1.42. The number of rotatable bonds is 3. The van der Waals surface area contributed by atoms with Crippen molar-refractivity contribution in [2.75, 3.05) is 33.2 Å². The number of likely N-dealkylation sites (tertiary alicyclic amines) is 2. The Hall–Kier alpha value is -1.99. The number of carbonyl (C=O) groups is 2. The molecule has 1 aromatic carbocycles. The standard InChI is InChI=1S/C18H23FN2O4/c1-20-8-6-18(25,7-9-20)17(24)21-10-14(15(11-21)16(22)23)12-2-4-13(19)5-3-12/h2-5,14-15,25H,6-11H2,1H3,(H,22,23)/t14-,15+/m0/s1. The minimum Gasteiger partial charge on any atom is -0.481 e. The van der Waals surface area contributed by atoms with Crippen LogP contribution in [0, 0.1) is 11.7 Å². The quantitative estimate of drug-likeness (QED) is 0.847. The zero-order valence-electron chi connectivity index (χ0n) is 14.2. The van der Waals surface area contributed by atoms with Crippen LogP contribution in [-0.4, -0.2) is 70.7 Å². The third-order valence-electron chi connectivity index (χ3n) is 5.43. The molecule has 0 radical (unpaired) electrons. The lowest BCUT2D eigenvalue weighted by Gasteiger charge is -2.37. The lowest BCUT2D eigenvalue weighted by atomic mass is 9.89. The summed E-state index contributed by atoms with van der Waals surface area (Å²) in [5, 5.41) is 20.2. The molecule has 2 N–H and O–H groups in total. The fourth-order valence-corrected chi connectivity index (χ4v) is 3.76. The van der Waals surface area contributed by atoms with Crippen LogP contribution in [0.4, 0.5) is 4.39 Å². The van der Waals surface area contributed by atoms with Crippen molar-refractivity contribution in [1.29, 1.82) is 0 Å². The largest absolute Gasteiger partial charge is 0.481 e. The molecule has 0 spiro atoms. The van der Waals surface area contributed by atoms with Gasteiger partial charge in [0, 0.05) is 32.1 Å². The number of halogens is 1. The molecule has 3 rings (SSSR count). The maximum absolute atomic E-state index is 13.1. The van der Waals surface area contributed by atoms with Crippen LogP contribution in [0.15, 0.2) is 24.3 Å². The summed E-state index contributed by atoms with van der Waals surface area (Å²) in [5.41, 5.74) is -0.729. The van der Waals surface area contributed by atoms with Crippen LogP contribution < -0.4 is 0 Å². The molecule has 2 aliphatic heterocycles. The van der Waals surface area contributed by atoms with Gasteiger partial charge in [-0.05, 0) is 37.6 Å². The number of amides is 1. The number of benzene rings is 1. The highest BCUT2D eigenvalue weighted by atomic mass is 19.1. The summed E-state index contributed by atoms with van der Waals surface area (Å²) in [6.07, 6.45) is 0.690. The Bertz CT molecular complexity index is 656. The highest BCUT2D eigenvalue weighted by Gasteiger charge is 2.47. The smallest absolute Gasteiger partial charge is 0.308 e. The van der Waals surface area contributed by atoms with Crippen molar-refractivity contribution in [3.63, 3.8) is 0 Å².